The number of hydrogen-bond acceptors (Lipinski definition) is 4. The maximum atomic E-state index is 13.5. The third kappa shape index (κ3) is 6.40. The van der Waals surface area contributed by atoms with E-state index in [2.05, 4.69) is 0 Å². The van der Waals surface area contributed by atoms with Gasteiger partial charge in [-0.15, -0.1) is 0 Å². The van der Waals surface area contributed by atoms with Crippen molar-refractivity contribution in [1.29, 1.82) is 0 Å². The Hall–Kier alpha value is -2.89. The number of carbonyl (C=O) groups excluding carboxylic acids is 2. The predicted molar refractivity (Wildman–Crippen MR) is 100 cm³/mol. The molecule has 6 heteroatoms. The lowest BCUT2D eigenvalue weighted by Gasteiger charge is -2.22. The summed E-state index contributed by atoms with van der Waals surface area (Å²) >= 11 is 0. The van der Waals surface area contributed by atoms with Crippen molar-refractivity contribution in [1.82, 2.24) is 4.90 Å². The number of amides is 1. The highest BCUT2D eigenvalue weighted by atomic mass is 19.1. The van der Waals surface area contributed by atoms with Gasteiger partial charge >= 0.3 is 5.97 Å². The molecule has 2 aromatic carbocycles. The van der Waals surface area contributed by atoms with Gasteiger partial charge in [0.15, 0.2) is 0 Å². The average Bonchev–Trinajstić information content (AvgIpc) is 2.68. The molecule has 0 atom stereocenters. The lowest BCUT2D eigenvalue weighted by atomic mass is 10.1. The normalized spacial score (nSPS) is 10.3. The number of nitrogens with zero attached hydrogens (tertiary/aromatic N) is 1. The van der Waals surface area contributed by atoms with Crippen molar-refractivity contribution in [3.05, 3.63) is 65.5 Å². The van der Waals surface area contributed by atoms with Gasteiger partial charge in [0.05, 0.1) is 20.1 Å². The summed E-state index contributed by atoms with van der Waals surface area (Å²) in [6.07, 6.45) is 0.700. The van der Waals surface area contributed by atoms with Crippen LogP contribution in [0.1, 0.15) is 29.3 Å². The summed E-state index contributed by atoms with van der Waals surface area (Å²) in [5.41, 5.74) is 1.29. The zero-order valence-electron chi connectivity index (χ0n) is 15.6. The van der Waals surface area contributed by atoms with Gasteiger partial charge in [-0.1, -0.05) is 18.2 Å². The molecule has 0 fully saturated rings. The van der Waals surface area contributed by atoms with Crippen LogP contribution in [0, 0.1) is 5.82 Å². The number of rotatable bonds is 9. The quantitative estimate of drug-likeness (QED) is 0.632. The van der Waals surface area contributed by atoms with E-state index < -0.39 is 5.82 Å². The summed E-state index contributed by atoms with van der Waals surface area (Å²) in [6.45, 7) is 2.64. The first kappa shape index (κ1) is 20.4. The summed E-state index contributed by atoms with van der Waals surface area (Å²) < 4.78 is 23.5. The van der Waals surface area contributed by atoms with Crippen LogP contribution in [0.3, 0.4) is 0 Å². The number of hydrogen-bond donors (Lipinski definition) is 0. The van der Waals surface area contributed by atoms with E-state index in [-0.39, 0.29) is 30.4 Å². The lowest BCUT2D eigenvalue weighted by Crippen LogP contribution is -2.35. The number of methoxy groups -OCH3 is 1. The zero-order valence-corrected chi connectivity index (χ0v) is 15.6. The molecule has 144 valence electrons. The van der Waals surface area contributed by atoms with Crippen molar-refractivity contribution >= 4 is 11.9 Å². The van der Waals surface area contributed by atoms with Crippen molar-refractivity contribution in [3.8, 4) is 5.75 Å². The van der Waals surface area contributed by atoms with E-state index in [9.17, 15) is 14.0 Å². The van der Waals surface area contributed by atoms with Gasteiger partial charge in [0, 0.05) is 18.7 Å². The molecule has 2 rings (SSSR count). The van der Waals surface area contributed by atoms with Crippen molar-refractivity contribution < 1.29 is 23.5 Å². The number of esters is 1. The molecule has 0 bridgehead atoms. The Labute approximate surface area is 158 Å². The second-order valence-corrected chi connectivity index (χ2v) is 5.96. The largest absolute Gasteiger partial charge is 0.497 e. The molecule has 0 aromatic heterocycles. The smallest absolute Gasteiger partial charge is 0.307 e. The van der Waals surface area contributed by atoms with Crippen LogP contribution in [0.25, 0.3) is 0 Å². The number of carbonyl (C=O) groups is 2. The SMILES string of the molecule is CCOC(=O)CCN(CCc1ccc(OC)cc1)C(=O)c1cccc(F)c1. The maximum absolute atomic E-state index is 13.5. The van der Waals surface area contributed by atoms with Gasteiger partial charge in [-0.2, -0.15) is 0 Å². The summed E-state index contributed by atoms with van der Waals surface area (Å²) in [6, 6.07) is 13.1. The molecule has 0 radical (unpaired) electrons. The molecule has 0 saturated carbocycles. The minimum atomic E-state index is -0.471. The molecular weight excluding hydrogens is 349 g/mol. The summed E-state index contributed by atoms with van der Waals surface area (Å²) in [5, 5.41) is 0. The summed E-state index contributed by atoms with van der Waals surface area (Å²) in [7, 11) is 1.60. The van der Waals surface area contributed by atoms with Gasteiger partial charge in [-0.3, -0.25) is 9.59 Å². The average molecular weight is 373 g/mol. The first-order valence-electron chi connectivity index (χ1n) is 8.87. The molecule has 5 nitrogen and oxygen atoms in total. The Balaban J connectivity index is 2.07. The number of ether oxygens (including phenoxy) is 2. The van der Waals surface area contributed by atoms with Gasteiger partial charge in [-0.05, 0) is 49.2 Å². The standard InChI is InChI=1S/C21H24FNO4/c1-3-27-20(24)12-14-23(21(25)17-5-4-6-18(22)15-17)13-11-16-7-9-19(26-2)10-8-16/h4-10,15H,3,11-14H2,1-2H3. The van der Waals surface area contributed by atoms with E-state index in [4.69, 9.17) is 9.47 Å². The van der Waals surface area contributed by atoms with Crippen molar-refractivity contribution in [2.75, 3.05) is 26.8 Å². The molecule has 0 aliphatic carbocycles. The molecule has 0 spiro atoms. The van der Waals surface area contributed by atoms with E-state index in [0.717, 1.165) is 11.3 Å². The Morgan fingerprint density at radius 3 is 2.44 bits per heavy atom. The van der Waals surface area contributed by atoms with Gasteiger partial charge in [0.1, 0.15) is 11.6 Å². The highest BCUT2D eigenvalue weighted by molar-refractivity contribution is 5.94. The first-order valence-corrected chi connectivity index (χ1v) is 8.87. The molecular formula is C21H24FNO4. The van der Waals surface area contributed by atoms with Crippen LogP contribution >= 0.6 is 0 Å². The fourth-order valence-corrected chi connectivity index (χ4v) is 2.63. The van der Waals surface area contributed by atoms with Crippen LogP contribution in [0.5, 0.6) is 5.75 Å². The minimum absolute atomic E-state index is 0.0948. The molecule has 0 heterocycles. The first-order chi connectivity index (χ1) is 13.0. The molecule has 0 N–H and O–H groups in total. The van der Waals surface area contributed by atoms with Gasteiger partial charge in [-0.25, -0.2) is 4.39 Å². The van der Waals surface area contributed by atoms with Gasteiger partial charge in [0.2, 0.25) is 0 Å². The summed E-state index contributed by atoms with van der Waals surface area (Å²) in [5.74, 6) is -0.388. The Morgan fingerprint density at radius 2 is 1.81 bits per heavy atom. The molecule has 0 saturated heterocycles. The second-order valence-electron chi connectivity index (χ2n) is 5.96. The predicted octanol–water partition coefficient (Wildman–Crippen LogP) is 3.47. The molecule has 0 aliphatic heterocycles. The van der Waals surface area contributed by atoms with Crippen LogP contribution in [0.4, 0.5) is 4.39 Å². The topological polar surface area (TPSA) is 55.8 Å². The van der Waals surface area contributed by atoms with Crippen molar-refractivity contribution in [2.24, 2.45) is 0 Å². The lowest BCUT2D eigenvalue weighted by molar-refractivity contribution is -0.143. The van der Waals surface area contributed by atoms with E-state index in [1.165, 1.54) is 18.2 Å². The Bertz CT molecular complexity index is 761. The number of benzene rings is 2. The second kappa shape index (κ2) is 10.3. The molecule has 1 amide bonds. The highest BCUT2D eigenvalue weighted by Gasteiger charge is 2.18. The third-order valence-electron chi connectivity index (χ3n) is 4.08. The van der Waals surface area contributed by atoms with E-state index in [0.29, 0.717) is 19.6 Å². The number of halogens is 1. The Kier molecular flexibility index (Phi) is 7.79. The van der Waals surface area contributed by atoms with Crippen LogP contribution in [-0.2, 0) is 16.0 Å². The van der Waals surface area contributed by atoms with Gasteiger partial charge < -0.3 is 14.4 Å². The monoisotopic (exact) mass is 373 g/mol. The Morgan fingerprint density at radius 1 is 1.07 bits per heavy atom. The van der Waals surface area contributed by atoms with Crippen LogP contribution in [0.2, 0.25) is 0 Å². The molecule has 2 aromatic rings. The van der Waals surface area contributed by atoms with E-state index >= 15 is 0 Å². The molecule has 0 unspecified atom stereocenters. The maximum Gasteiger partial charge on any atom is 0.307 e. The minimum Gasteiger partial charge on any atom is -0.497 e. The zero-order chi connectivity index (χ0) is 19.6. The van der Waals surface area contributed by atoms with E-state index in [1.807, 2.05) is 24.3 Å². The van der Waals surface area contributed by atoms with Crippen molar-refractivity contribution in [2.45, 2.75) is 19.8 Å². The van der Waals surface area contributed by atoms with Crippen LogP contribution < -0.4 is 4.74 Å². The fourth-order valence-electron chi connectivity index (χ4n) is 2.63. The molecule has 0 aliphatic rings. The fraction of sp³-hybridized carbons (Fsp3) is 0.333. The highest BCUT2D eigenvalue weighted by Crippen LogP contribution is 2.14. The van der Waals surface area contributed by atoms with Gasteiger partial charge in [0.25, 0.3) is 5.91 Å². The summed E-state index contributed by atoms with van der Waals surface area (Å²) in [4.78, 5) is 26.0. The molecule has 27 heavy (non-hydrogen) atoms. The van der Waals surface area contributed by atoms with Crippen LogP contribution in [-0.4, -0.2) is 43.6 Å². The van der Waals surface area contributed by atoms with E-state index in [1.54, 1.807) is 25.0 Å². The van der Waals surface area contributed by atoms with Crippen LogP contribution in [0.15, 0.2) is 48.5 Å². The third-order valence-corrected chi connectivity index (χ3v) is 4.08. The van der Waals surface area contributed by atoms with Crippen molar-refractivity contribution in [3.63, 3.8) is 0 Å².